The van der Waals surface area contributed by atoms with E-state index in [1.54, 1.807) is 12.1 Å². The number of nitrogens with one attached hydrogen (secondary N) is 1. The summed E-state index contributed by atoms with van der Waals surface area (Å²) >= 11 is 0. The van der Waals surface area contributed by atoms with Crippen LogP contribution >= 0.6 is 0 Å². The van der Waals surface area contributed by atoms with Gasteiger partial charge in [-0.2, -0.15) is 0 Å². The molecule has 0 bridgehead atoms. The Hall–Kier alpha value is -1.65. The fourth-order valence-electron chi connectivity index (χ4n) is 2.22. The van der Waals surface area contributed by atoms with Gasteiger partial charge in [0.2, 0.25) is 0 Å². The third kappa shape index (κ3) is 3.92. The first kappa shape index (κ1) is 14.8. The average molecular weight is 276 g/mol. The first-order valence-corrected chi connectivity index (χ1v) is 6.74. The van der Waals surface area contributed by atoms with Gasteiger partial charge in [-0.15, -0.1) is 0 Å². The van der Waals surface area contributed by atoms with Gasteiger partial charge in [0.1, 0.15) is 17.3 Å². The summed E-state index contributed by atoms with van der Waals surface area (Å²) in [5.41, 5.74) is 0.970. The molecule has 1 atom stereocenters. The highest BCUT2D eigenvalue weighted by molar-refractivity contribution is 5.20. The predicted octanol–water partition coefficient (Wildman–Crippen LogP) is 3.12. The molecule has 0 aliphatic rings. The number of likely N-dealkylation sites (N-methyl/N-ethyl adjacent to an activating group) is 1. The lowest BCUT2D eigenvalue weighted by atomic mass is 10.1. The largest absolute Gasteiger partial charge is 0.465 e. The maximum Gasteiger partial charge on any atom is 0.123 e. The number of halogens is 1. The Morgan fingerprint density at radius 1 is 1.25 bits per heavy atom. The number of benzene rings is 1. The molecule has 0 aliphatic heterocycles. The first-order chi connectivity index (χ1) is 9.56. The van der Waals surface area contributed by atoms with E-state index in [4.69, 9.17) is 4.42 Å². The molecule has 4 heteroatoms. The van der Waals surface area contributed by atoms with Gasteiger partial charge in [-0.1, -0.05) is 12.1 Å². The van der Waals surface area contributed by atoms with Crippen LogP contribution in [-0.4, -0.2) is 25.5 Å². The van der Waals surface area contributed by atoms with Crippen molar-refractivity contribution in [2.24, 2.45) is 0 Å². The van der Waals surface area contributed by atoms with Crippen molar-refractivity contribution in [2.45, 2.75) is 19.5 Å². The molecule has 0 radical (unpaired) electrons. The minimum Gasteiger partial charge on any atom is -0.465 e. The van der Waals surface area contributed by atoms with E-state index in [0.29, 0.717) is 6.54 Å². The third-order valence-electron chi connectivity index (χ3n) is 3.29. The summed E-state index contributed by atoms with van der Waals surface area (Å²) in [4.78, 5) is 2.08. The third-order valence-corrected chi connectivity index (χ3v) is 3.29. The van der Waals surface area contributed by atoms with E-state index in [-0.39, 0.29) is 11.9 Å². The fraction of sp³-hybridized carbons (Fsp3) is 0.375. The van der Waals surface area contributed by atoms with E-state index in [1.807, 2.05) is 39.2 Å². The van der Waals surface area contributed by atoms with Crippen LogP contribution in [0.3, 0.4) is 0 Å². The van der Waals surface area contributed by atoms with Crippen LogP contribution in [0.15, 0.2) is 40.8 Å². The summed E-state index contributed by atoms with van der Waals surface area (Å²) in [5, 5.41) is 3.36. The second kappa shape index (κ2) is 6.68. The first-order valence-electron chi connectivity index (χ1n) is 6.74. The summed E-state index contributed by atoms with van der Waals surface area (Å²) in [6.07, 6.45) is 0. The molecule has 1 aromatic heterocycles. The highest BCUT2D eigenvalue weighted by Gasteiger charge is 2.14. The van der Waals surface area contributed by atoms with Crippen molar-refractivity contribution in [1.29, 1.82) is 0 Å². The highest BCUT2D eigenvalue weighted by Crippen LogP contribution is 2.18. The lowest BCUT2D eigenvalue weighted by Crippen LogP contribution is -2.30. The van der Waals surface area contributed by atoms with Gasteiger partial charge < -0.3 is 14.6 Å². The van der Waals surface area contributed by atoms with Crippen molar-refractivity contribution < 1.29 is 8.81 Å². The van der Waals surface area contributed by atoms with Crippen LogP contribution in [-0.2, 0) is 6.54 Å². The Bertz CT molecular complexity index is 551. The quantitative estimate of drug-likeness (QED) is 0.878. The molecule has 0 aliphatic carbocycles. The lowest BCUT2D eigenvalue weighted by molar-refractivity contribution is 0.284. The second-order valence-electron chi connectivity index (χ2n) is 5.18. The molecular weight excluding hydrogens is 255 g/mol. The van der Waals surface area contributed by atoms with Crippen LogP contribution in [0.2, 0.25) is 0 Å². The van der Waals surface area contributed by atoms with Gasteiger partial charge in [0.25, 0.3) is 0 Å². The van der Waals surface area contributed by atoms with Crippen molar-refractivity contribution in [3.05, 3.63) is 59.3 Å². The molecule has 20 heavy (non-hydrogen) atoms. The van der Waals surface area contributed by atoms with Gasteiger partial charge >= 0.3 is 0 Å². The standard InChI is InChI=1S/C16H21FN2O/c1-12-7-8-15(20-12)10-18-11-16(19(2)3)13-5-4-6-14(17)9-13/h4-9,16,18H,10-11H2,1-3H3. The van der Waals surface area contributed by atoms with E-state index >= 15 is 0 Å². The number of furan rings is 1. The Labute approximate surface area is 119 Å². The number of aryl methyl sites for hydroxylation is 1. The number of nitrogens with zero attached hydrogens (tertiary/aromatic N) is 1. The topological polar surface area (TPSA) is 28.4 Å². The van der Waals surface area contributed by atoms with Crippen LogP contribution in [0.4, 0.5) is 4.39 Å². The summed E-state index contributed by atoms with van der Waals surface area (Å²) in [6.45, 7) is 3.34. The molecule has 1 heterocycles. The van der Waals surface area contributed by atoms with Crippen molar-refractivity contribution in [3.8, 4) is 0 Å². The van der Waals surface area contributed by atoms with Crippen molar-refractivity contribution in [2.75, 3.05) is 20.6 Å². The molecule has 0 amide bonds. The van der Waals surface area contributed by atoms with E-state index in [1.165, 1.54) is 6.07 Å². The van der Waals surface area contributed by atoms with Crippen molar-refractivity contribution in [1.82, 2.24) is 10.2 Å². The van der Waals surface area contributed by atoms with E-state index in [9.17, 15) is 4.39 Å². The molecule has 0 saturated heterocycles. The molecule has 0 spiro atoms. The monoisotopic (exact) mass is 276 g/mol. The minimum absolute atomic E-state index is 0.127. The average Bonchev–Trinajstić information content (AvgIpc) is 2.80. The minimum atomic E-state index is -0.198. The van der Waals surface area contributed by atoms with Crippen LogP contribution < -0.4 is 5.32 Å². The summed E-state index contributed by atoms with van der Waals surface area (Å²) in [5.74, 6) is 1.63. The Kier molecular flexibility index (Phi) is 4.93. The maximum absolute atomic E-state index is 13.3. The molecule has 1 N–H and O–H groups in total. The second-order valence-corrected chi connectivity index (χ2v) is 5.18. The Morgan fingerprint density at radius 3 is 2.65 bits per heavy atom. The number of rotatable bonds is 6. The summed E-state index contributed by atoms with van der Waals surface area (Å²) < 4.78 is 18.8. The molecule has 1 aromatic carbocycles. The van der Waals surface area contributed by atoms with E-state index < -0.39 is 0 Å². The van der Waals surface area contributed by atoms with Crippen LogP contribution in [0, 0.1) is 12.7 Å². The van der Waals surface area contributed by atoms with Gasteiger partial charge in [0.05, 0.1) is 6.54 Å². The predicted molar refractivity (Wildman–Crippen MR) is 78.0 cm³/mol. The van der Waals surface area contributed by atoms with Crippen LogP contribution in [0.25, 0.3) is 0 Å². The zero-order valence-electron chi connectivity index (χ0n) is 12.2. The van der Waals surface area contributed by atoms with Crippen LogP contribution in [0.1, 0.15) is 23.1 Å². The molecule has 2 aromatic rings. The van der Waals surface area contributed by atoms with Gasteiger partial charge in [-0.05, 0) is 50.8 Å². The SMILES string of the molecule is Cc1ccc(CNCC(c2cccc(F)c2)N(C)C)o1. The molecule has 108 valence electrons. The van der Waals surface area contributed by atoms with Gasteiger partial charge in [-0.25, -0.2) is 4.39 Å². The normalized spacial score (nSPS) is 12.8. The van der Waals surface area contributed by atoms with Gasteiger partial charge in [0, 0.05) is 12.6 Å². The van der Waals surface area contributed by atoms with E-state index in [0.717, 1.165) is 23.6 Å². The Morgan fingerprint density at radius 2 is 2.05 bits per heavy atom. The van der Waals surface area contributed by atoms with Gasteiger partial charge in [-0.3, -0.25) is 0 Å². The molecule has 1 unspecified atom stereocenters. The highest BCUT2D eigenvalue weighted by atomic mass is 19.1. The lowest BCUT2D eigenvalue weighted by Gasteiger charge is -2.25. The molecular formula is C16H21FN2O. The zero-order chi connectivity index (χ0) is 14.5. The maximum atomic E-state index is 13.3. The Balaban J connectivity index is 1.96. The van der Waals surface area contributed by atoms with E-state index in [2.05, 4.69) is 10.2 Å². The smallest absolute Gasteiger partial charge is 0.123 e. The summed E-state index contributed by atoms with van der Waals surface area (Å²) in [7, 11) is 3.99. The molecule has 2 rings (SSSR count). The molecule has 0 saturated carbocycles. The molecule has 3 nitrogen and oxygen atoms in total. The fourth-order valence-corrected chi connectivity index (χ4v) is 2.22. The summed E-state index contributed by atoms with van der Waals surface area (Å²) in [6, 6.07) is 10.8. The van der Waals surface area contributed by atoms with Gasteiger partial charge in [0.15, 0.2) is 0 Å². The number of hydrogen-bond donors (Lipinski definition) is 1. The van der Waals surface area contributed by atoms with Crippen molar-refractivity contribution in [3.63, 3.8) is 0 Å². The zero-order valence-corrected chi connectivity index (χ0v) is 12.2. The van der Waals surface area contributed by atoms with Crippen LogP contribution in [0.5, 0.6) is 0 Å². The number of hydrogen-bond acceptors (Lipinski definition) is 3. The molecule has 0 fully saturated rings. The van der Waals surface area contributed by atoms with Crippen molar-refractivity contribution >= 4 is 0 Å².